The summed E-state index contributed by atoms with van der Waals surface area (Å²) in [6.07, 6.45) is 1.65. The normalized spacial score (nSPS) is 10.8. The van der Waals surface area contributed by atoms with Gasteiger partial charge in [0.05, 0.1) is 11.1 Å². The molecule has 0 amide bonds. The molecule has 0 fully saturated rings. The molecule has 0 unspecified atom stereocenters. The molecule has 3 rings (SSSR count). The highest BCUT2D eigenvalue weighted by Gasteiger charge is 2.10. The van der Waals surface area contributed by atoms with Crippen LogP contribution in [0.3, 0.4) is 0 Å². The number of hydrogen-bond acceptors (Lipinski definition) is 4. The monoisotopic (exact) mass is 227 g/mol. The Morgan fingerprint density at radius 1 is 1.12 bits per heavy atom. The van der Waals surface area contributed by atoms with Gasteiger partial charge in [0.15, 0.2) is 5.65 Å². The van der Waals surface area contributed by atoms with Crippen molar-refractivity contribution in [2.45, 2.75) is 0 Å². The van der Waals surface area contributed by atoms with Crippen molar-refractivity contribution in [2.24, 2.45) is 0 Å². The van der Waals surface area contributed by atoms with Crippen molar-refractivity contribution < 1.29 is 10.2 Å². The number of phenols is 2. The number of fused-ring (bicyclic) bond motifs is 1. The number of phenolic OH excluding ortho intramolecular Hbond substituents is 2. The average molecular weight is 227 g/mol. The van der Waals surface area contributed by atoms with Crippen LogP contribution < -0.4 is 0 Å². The summed E-state index contributed by atoms with van der Waals surface area (Å²) in [5, 5.41) is 19.1. The first-order chi connectivity index (χ1) is 8.24. The van der Waals surface area contributed by atoms with Crippen LogP contribution in [0.5, 0.6) is 11.5 Å². The minimum absolute atomic E-state index is 0.0573. The predicted octanol–water partition coefficient (Wildman–Crippen LogP) is 2.04. The van der Waals surface area contributed by atoms with Gasteiger partial charge in [-0.3, -0.25) is 0 Å². The molecule has 0 spiro atoms. The van der Waals surface area contributed by atoms with Gasteiger partial charge in [0.1, 0.15) is 17.3 Å². The van der Waals surface area contributed by atoms with E-state index in [-0.39, 0.29) is 11.5 Å². The highest BCUT2D eigenvalue weighted by atomic mass is 16.3. The number of aromatic nitrogens is 3. The number of imidazole rings is 1. The first-order valence-electron chi connectivity index (χ1n) is 5.07. The van der Waals surface area contributed by atoms with Gasteiger partial charge < -0.3 is 15.2 Å². The second-order valence-electron chi connectivity index (χ2n) is 3.66. The van der Waals surface area contributed by atoms with E-state index in [0.717, 1.165) is 5.52 Å². The summed E-state index contributed by atoms with van der Waals surface area (Å²) in [4.78, 5) is 11.4. The SMILES string of the molecule is Oc1ccc(O)c(-c2nc3ncccc3[nH]2)c1. The van der Waals surface area contributed by atoms with Gasteiger partial charge >= 0.3 is 0 Å². The van der Waals surface area contributed by atoms with Crippen LogP contribution in [0.25, 0.3) is 22.6 Å². The van der Waals surface area contributed by atoms with Gasteiger partial charge in [-0.15, -0.1) is 0 Å². The van der Waals surface area contributed by atoms with Gasteiger partial charge in [-0.25, -0.2) is 9.97 Å². The number of benzene rings is 1. The summed E-state index contributed by atoms with van der Waals surface area (Å²) in [6, 6.07) is 7.93. The maximum absolute atomic E-state index is 9.72. The Morgan fingerprint density at radius 3 is 2.82 bits per heavy atom. The molecule has 0 bridgehead atoms. The van der Waals surface area contributed by atoms with E-state index < -0.39 is 0 Å². The molecule has 0 aliphatic carbocycles. The maximum Gasteiger partial charge on any atom is 0.178 e. The summed E-state index contributed by atoms with van der Waals surface area (Å²) in [5.74, 6) is 0.611. The second kappa shape index (κ2) is 3.48. The minimum Gasteiger partial charge on any atom is -0.508 e. The molecule has 2 heterocycles. The molecule has 17 heavy (non-hydrogen) atoms. The third-order valence-electron chi connectivity index (χ3n) is 2.49. The molecular weight excluding hydrogens is 218 g/mol. The summed E-state index contributed by atoms with van der Waals surface area (Å²) in [6.45, 7) is 0. The summed E-state index contributed by atoms with van der Waals surface area (Å²) < 4.78 is 0. The summed E-state index contributed by atoms with van der Waals surface area (Å²) >= 11 is 0. The average Bonchev–Trinajstić information content (AvgIpc) is 2.75. The number of rotatable bonds is 1. The van der Waals surface area contributed by atoms with E-state index in [9.17, 15) is 10.2 Å². The van der Waals surface area contributed by atoms with Crippen LogP contribution in [0.1, 0.15) is 0 Å². The molecule has 5 nitrogen and oxygen atoms in total. The van der Waals surface area contributed by atoms with Gasteiger partial charge in [-0.2, -0.15) is 0 Å². The van der Waals surface area contributed by atoms with Crippen LogP contribution in [0.4, 0.5) is 0 Å². The fraction of sp³-hybridized carbons (Fsp3) is 0. The van der Waals surface area contributed by atoms with Crippen molar-refractivity contribution in [1.29, 1.82) is 0 Å². The molecule has 3 N–H and O–H groups in total. The molecule has 0 aliphatic rings. The molecule has 3 aromatic rings. The number of pyridine rings is 1. The Bertz CT molecular complexity index is 658. The fourth-order valence-electron chi connectivity index (χ4n) is 1.69. The Morgan fingerprint density at radius 2 is 2.00 bits per heavy atom. The van der Waals surface area contributed by atoms with Crippen LogP contribution in [0, 0.1) is 0 Å². The van der Waals surface area contributed by atoms with E-state index in [1.165, 1.54) is 18.2 Å². The smallest absolute Gasteiger partial charge is 0.178 e. The van der Waals surface area contributed by atoms with E-state index in [1.54, 1.807) is 12.3 Å². The highest BCUT2D eigenvalue weighted by molar-refractivity contribution is 5.77. The van der Waals surface area contributed by atoms with Crippen LogP contribution in [0.2, 0.25) is 0 Å². The van der Waals surface area contributed by atoms with E-state index in [0.29, 0.717) is 17.0 Å². The molecular formula is C12H9N3O2. The van der Waals surface area contributed by atoms with Gasteiger partial charge in [-0.1, -0.05) is 0 Å². The van der Waals surface area contributed by atoms with Crippen molar-refractivity contribution >= 4 is 11.2 Å². The number of hydrogen-bond donors (Lipinski definition) is 3. The summed E-state index contributed by atoms with van der Waals surface area (Å²) in [5.41, 5.74) is 1.80. The Balaban J connectivity index is 2.23. The minimum atomic E-state index is 0.0573. The number of aromatic hydroxyl groups is 2. The second-order valence-corrected chi connectivity index (χ2v) is 3.66. The molecule has 1 aromatic carbocycles. The lowest BCUT2D eigenvalue weighted by molar-refractivity contribution is 0.461. The molecule has 0 saturated heterocycles. The topological polar surface area (TPSA) is 82.0 Å². The molecule has 2 aromatic heterocycles. The zero-order valence-corrected chi connectivity index (χ0v) is 8.75. The number of aromatic amines is 1. The molecule has 0 aliphatic heterocycles. The van der Waals surface area contributed by atoms with E-state index in [2.05, 4.69) is 15.0 Å². The van der Waals surface area contributed by atoms with Gasteiger partial charge in [-0.05, 0) is 30.3 Å². The standard InChI is InChI=1S/C12H9N3O2/c16-7-3-4-10(17)8(6-7)11-14-9-2-1-5-13-12(9)15-11/h1-6,16-17H,(H,13,14,15). The first-order valence-corrected chi connectivity index (χ1v) is 5.07. The Kier molecular flexibility index (Phi) is 1.98. The quantitative estimate of drug-likeness (QED) is 0.555. The van der Waals surface area contributed by atoms with Crippen molar-refractivity contribution in [1.82, 2.24) is 15.0 Å². The van der Waals surface area contributed by atoms with Gasteiger partial charge in [0, 0.05) is 6.20 Å². The third-order valence-corrected chi connectivity index (χ3v) is 2.49. The van der Waals surface area contributed by atoms with Crippen molar-refractivity contribution in [3.8, 4) is 22.9 Å². The lowest BCUT2D eigenvalue weighted by atomic mass is 10.2. The van der Waals surface area contributed by atoms with E-state index in [4.69, 9.17) is 0 Å². The molecule has 0 radical (unpaired) electrons. The number of nitrogens with zero attached hydrogens (tertiary/aromatic N) is 2. The first kappa shape index (κ1) is 9.65. The van der Waals surface area contributed by atoms with Crippen LogP contribution >= 0.6 is 0 Å². The maximum atomic E-state index is 9.72. The summed E-state index contributed by atoms with van der Waals surface area (Å²) in [7, 11) is 0. The molecule has 0 saturated carbocycles. The number of H-pyrrole nitrogens is 1. The van der Waals surface area contributed by atoms with Crippen LogP contribution in [0.15, 0.2) is 36.5 Å². The molecule has 0 atom stereocenters. The van der Waals surface area contributed by atoms with E-state index >= 15 is 0 Å². The lowest BCUT2D eigenvalue weighted by Gasteiger charge is -2.01. The van der Waals surface area contributed by atoms with Gasteiger partial charge in [0.2, 0.25) is 0 Å². The van der Waals surface area contributed by atoms with E-state index in [1.807, 2.05) is 6.07 Å². The van der Waals surface area contributed by atoms with Crippen molar-refractivity contribution in [3.63, 3.8) is 0 Å². The largest absolute Gasteiger partial charge is 0.508 e. The Labute approximate surface area is 96.4 Å². The number of nitrogens with one attached hydrogen (secondary N) is 1. The fourth-order valence-corrected chi connectivity index (χ4v) is 1.69. The lowest BCUT2D eigenvalue weighted by Crippen LogP contribution is -1.81. The van der Waals surface area contributed by atoms with Crippen molar-refractivity contribution in [3.05, 3.63) is 36.5 Å². The third kappa shape index (κ3) is 1.57. The molecule has 5 heteroatoms. The van der Waals surface area contributed by atoms with Crippen molar-refractivity contribution in [2.75, 3.05) is 0 Å². The molecule has 84 valence electrons. The van der Waals surface area contributed by atoms with Crippen LogP contribution in [-0.2, 0) is 0 Å². The zero-order valence-electron chi connectivity index (χ0n) is 8.75. The highest BCUT2D eigenvalue weighted by Crippen LogP contribution is 2.31. The Hall–Kier alpha value is -2.56. The van der Waals surface area contributed by atoms with Crippen LogP contribution in [-0.4, -0.2) is 25.2 Å². The zero-order chi connectivity index (χ0) is 11.8. The van der Waals surface area contributed by atoms with Gasteiger partial charge in [0.25, 0.3) is 0 Å². The predicted molar refractivity (Wildman–Crippen MR) is 62.7 cm³/mol.